The zero-order valence-electron chi connectivity index (χ0n) is 11.2. The van der Waals surface area contributed by atoms with Crippen LogP contribution in [0.4, 0.5) is 0 Å². The molecule has 0 bridgehead atoms. The van der Waals surface area contributed by atoms with Gasteiger partial charge in [-0.25, -0.2) is 4.79 Å². The van der Waals surface area contributed by atoms with Gasteiger partial charge >= 0.3 is 5.97 Å². The summed E-state index contributed by atoms with van der Waals surface area (Å²) < 4.78 is 5.14. The number of amides is 2. The van der Waals surface area contributed by atoms with Gasteiger partial charge in [0.25, 0.3) is 0 Å². The van der Waals surface area contributed by atoms with Crippen molar-refractivity contribution in [2.24, 2.45) is 0 Å². The van der Waals surface area contributed by atoms with Gasteiger partial charge in [-0.15, -0.1) is 0 Å². The van der Waals surface area contributed by atoms with Crippen molar-refractivity contribution in [1.29, 1.82) is 0 Å². The van der Waals surface area contributed by atoms with Crippen molar-refractivity contribution in [1.82, 2.24) is 10.6 Å². The highest BCUT2D eigenvalue weighted by Gasteiger charge is 2.30. The van der Waals surface area contributed by atoms with E-state index in [1.165, 1.54) is 0 Å². The third-order valence-corrected chi connectivity index (χ3v) is 2.43. The van der Waals surface area contributed by atoms with Crippen molar-refractivity contribution in [3.8, 4) is 0 Å². The fraction of sp³-hybridized carbons (Fsp3) is 0.750. The van der Waals surface area contributed by atoms with Crippen molar-refractivity contribution >= 4 is 17.8 Å². The Balaban J connectivity index is 2.44. The molecule has 102 valence electrons. The number of carbonyl (C=O) groups is 3. The molecule has 0 aromatic rings. The molecule has 0 aromatic heterocycles. The normalized spacial score (nSPS) is 21.1. The van der Waals surface area contributed by atoms with Crippen molar-refractivity contribution in [2.45, 2.75) is 58.2 Å². The summed E-state index contributed by atoms with van der Waals surface area (Å²) in [5.74, 6) is -0.973. The molecule has 0 unspecified atom stereocenters. The van der Waals surface area contributed by atoms with E-state index in [1.807, 2.05) is 0 Å². The molecule has 1 fully saturated rings. The van der Waals surface area contributed by atoms with Gasteiger partial charge in [0.05, 0.1) is 0 Å². The molecule has 0 spiro atoms. The molecular weight excluding hydrogens is 236 g/mol. The van der Waals surface area contributed by atoms with Gasteiger partial charge in [-0.2, -0.15) is 0 Å². The molecule has 1 heterocycles. The average Bonchev–Trinajstić information content (AvgIpc) is 2.62. The van der Waals surface area contributed by atoms with Gasteiger partial charge in [0, 0.05) is 6.42 Å². The quantitative estimate of drug-likeness (QED) is 0.702. The lowest BCUT2D eigenvalue weighted by Crippen LogP contribution is -2.48. The van der Waals surface area contributed by atoms with E-state index in [0.717, 1.165) is 0 Å². The average molecular weight is 256 g/mol. The van der Waals surface area contributed by atoms with Crippen LogP contribution >= 0.6 is 0 Å². The number of esters is 1. The summed E-state index contributed by atoms with van der Waals surface area (Å²) in [5.41, 5.74) is -0.586. The van der Waals surface area contributed by atoms with Crippen LogP contribution < -0.4 is 10.6 Å². The van der Waals surface area contributed by atoms with Gasteiger partial charge < -0.3 is 15.4 Å². The number of ether oxygens (including phenoxy) is 1. The highest BCUT2D eigenvalue weighted by molar-refractivity contribution is 5.92. The van der Waals surface area contributed by atoms with Crippen molar-refractivity contribution in [3.63, 3.8) is 0 Å². The van der Waals surface area contributed by atoms with E-state index in [1.54, 1.807) is 27.7 Å². The van der Waals surface area contributed by atoms with E-state index in [4.69, 9.17) is 4.74 Å². The lowest BCUT2D eigenvalue weighted by molar-refractivity contribution is -0.158. The first-order valence-electron chi connectivity index (χ1n) is 6.01. The van der Waals surface area contributed by atoms with E-state index in [-0.39, 0.29) is 11.8 Å². The molecule has 0 aromatic carbocycles. The first-order valence-corrected chi connectivity index (χ1v) is 6.01. The van der Waals surface area contributed by atoms with E-state index in [9.17, 15) is 14.4 Å². The highest BCUT2D eigenvalue weighted by atomic mass is 16.6. The molecule has 6 heteroatoms. The molecule has 1 aliphatic heterocycles. The first kappa shape index (κ1) is 14.5. The third kappa shape index (κ3) is 4.35. The second-order valence-electron chi connectivity index (χ2n) is 5.42. The highest BCUT2D eigenvalue weighted by Crippen LogP contribution is 2.09. The second kappa shape index (κ2) is 5.37. The molecule has 2 amide bonds. The molecule has 2 atom stereocenters. The molecule has 1 saturated heterocycles. The van der Waals surface area contributed by atoms with Crippen molar-refractivity contribution in [2.75, 3.05) is 0 Å². The van der Waals surface area contributed by atoms with Crippen LogP contribution in [0.1, 0.15) is 40.5 Å². The van der Waals surface area contributed by atoms with Crippen molar-refractivity contribution < 1.29 is 19.1 Å². The maximum atomic E-state index is 11.7. The minimum absolute atomic E-state index is 0.139. The monoisotopic (exact) mass is 256 g/mol. The van der Waals surface area contributed by atoms with Crippen LogP contribution in [0.5, 0.6) is 0 Å². The van der Waals surface area contributed by atoms with Crippen molar-refractivity contribution in [3.05, 3.63) is 0 Å². The second-order valence-corrected chi connectivity index (χ2v) is 5.42. The van der Waals surface area contributed by atoms with Crippen LogP contribution in [0.3, 0.4) is 0 Å². The Morgan fingerprint density at radius 2 is 2.06 bits per heavy atom. The zero-order valence-corrected chi connectivity index (χ0v) is 11.2. The van der Waals surface area contributed by atoms with Gasteiger partial charge in [0.2, 0.25) is 11.8 Å². The smallest absolute Gasteiger partial charge is 0.328 e. The SMILES string of the molecule is C[C@H](NC(=O)[C@@H]1CCC(=O)N1)C(=O)OC(C)(C)C. The molecule has 1 rings (SSSR count). The van der Waals surface area contributed by atoms with Crippen LogP contribution in [0.25, 0.3) is 0 Å². The number of hydrogen-bond acceptors (Lipinski definition) is 4. The van der Waals surface area contributed by atoms with Gasteiger partial charge in [0.15, 0.2) is 0 Å². The predicted molar refractivity (Wildman–Crippen MR) is 64.6 cm³/mol. The topological polar surface area (TPSA) is 84.5 Å². The van der Waals surface area contributed by atoms with Gasteiger partial charge in [-0.3, -0.25) is 9.59 Å². The summed E-state index contributed by atoms with van der Waals surface area (Å²) in [7, 11) is 0. The molecule has 2 N–H and O–H groups in total. The van der Waals surface area contributed by atoms with Crippen LogP contribution in [-0.2, 0) is 19.1 Å². The molecule has 0 saturated carbocycles. The Labute approximate surface area is 106 Å². The summed E-state index contributed by atoms with van der Waals surface area (Å²) in [5, 5.41) is 5.08. The minimum atomic E-state index is -0.728. The Morgan fingerprint density at radius 1 is 1.44 bits per heavy atom. The molecule has 0 radical (unpaired) electrons. The van der Waals surface area contributed by atoms with Crippen LogP contribution in [-0.4, -0.2) is 35.5 Å². The number of carbonyl (C=O) groups excluding carboxylic acids is 3. The molecule has 1 aliphatic rings. The maximum absolute atomic E-state index is 11.7. The summed E-state index contributed by atoms with van der Waals surface area (Å²) in [6.07, 6.45) is 0.810. The van der Waals surface area contributed by atoms with Gasteiger partial charge in [-0.1, -0.05) is 0 Å². The van der Waals surface area contributed by atoms with Crippen LogP contribution in [0.2, 0.25) is 0 Å². The van der Waals surface area contributed by atoms with E-state index in [2.05, 4.69) is 10.6 Å². The molecular formula is C12H20N2O4. The zero-order chi connectivity index (χ0) is 13.9. The molecule has 0 aliphatic carbocycles. The molecule has 18 heavy (non-hydrogen) atoms. The largest absolute Gasteiger partial charge is 0.458 e. The van der Waals surface area contributed by atoms with Gasteiger partial charge in [0.1, 0.15) is 17.7 Å². The van der Waals surface area contributed by atoms with Crippen LogP contribution in [0, 0.1) is 0 Å². The lowest BCUT2D eigenvalue weighted by Gasteiger charge is -2.23. The fourth-order valence-electron chi connectivity index (χ4n) is 1.57. The Bertz CT molecular complexity index is 360. The third-order valence-electron chi connectivity index (χ3n) is 2.43. The number of rotatable bonds is 3. The Morgan fingerprint density at radius 3 is 2.50 bits per heavy atom. The first-order chi connectivity index (χ1) is 8.19. The van der Waals surface area contributed by atoms with E-state index in [0.29, 0.717) is 12.8 Å². The fourth-order valence-corrected chi connectivity index (χ4v) is 1.57. The van der Waals surface area contributed by atoms with Gasteiger partial charge in [-0.05, 0) is 34.1 Å². The Kier molecular flexibility index (Phi) is 4.32. The lowest BCUT2D eigenvalue weighted by atomic mass is 10.2. The molecule has 6 nitrogen and oxygen atoms in total. The summed E-state index contributed by atoms with van der Waals surface area (Å²) >= 11 is 0. The Hall–Kier alpha value is -1.59. The minimum Gasteiger partial charge on any atom is -0.458 e. The maximum Gasteiger partial charge on any atom is 0.328 e. The number of hydrogen-bond donors (Lipinski definition) is 2. The number of nitrogens with one attached hydrogen (secondary N) is 2. The summed E-state index contributed by atoms with van der Waals surface area (Å²) in [4.78, 5) is 34.4. The van der Waals surface area contributed by atoms with E-state index < -0.39 is 23.7 Å². The van der Waals surface area contributed by atoms with Crippen LogP contribution in [0.15, 0.2) is 0 Å². The standard InChI is InChI=1S/C12H20N2O4/c1-7(11(17)18-12(2,3)4)13-10(16)8-5-6-9(15)14-8/h7-8H,5-6H2,1-4H3,(H,13,16)(H,14,15)/t7-,8-/m0/s1. The predicted octanol–water partition coefficient (Wildman–Crippen LogP) is 0.111. The summed E-state index contributed by atoms with van der Waals surface area (Å²) in [6.45, 7) is 6.84. The van der Waals surface area contributed by atoms with E-state index >= 15 is 0 Å². The summed E-state index contributed by atoms with van der Waals surface area (Å²) in [6, 6.07) is -1.27.